The number of hydrogen-bond donors (Lipinski definition) is 0. The van der Waals surface area contributed by atoms with Crippen molar-refractivity contribution in [2.75, 3.05) is 6.61 Å². The molecule has 14 heavy (non-hydrogen) atoms. The van der Waals surface area contributed by atoms with Gasteiger partial charge in [-0.1, -0.05) is 27.2 Å². The Kier molecular flexibility index (Phi) is 5.22. The summed E-state index contributed by atoms with van der Waals surface area (Å²) in [6.45, 7) is 7.84. The van der Waals surface area contributed by atoms with Crippen molar-refractivity contribution in [3.8, 4) is 6.07 Å². The van der Waals surface area contributed by atoms with Crippen molar-refractivity contribution < 1.29 is 9.53 Å². The van der Waals surface area contributed by atoms with Crippen LogP contribution in [-0.4, -0.2) is 12.6 Å². The quantitative estimate of drug-likeness (QED) is 0.636. The van der Waals surface area contributed by atoms with Crippen molar-refractivity contribution in [3.05, 3.63) is 0 Å². The number of ether oxygens (including phenoxy) is 1. The van der Waals surface area contributed by atoms with E-state index >= 15 is 0 Å². The number of nitrogens with zero attached hydrogens (tertiary/aromatic N) is 1. The van der Waals surface area contributed by atoms with Crippen molar-refractivity contribution in [1.29, 1.82) is 5.26 Å². The average Bonchev–Trinajstić information content (AvgIpc) is 2.20. The third-order valence-electron chi connectivity index (χ3n) is 2.85. The van der Waals surface area contributed by atoms with Gasteiger partial charge >= 0.3 is 5.97 Å². The first-order chi connectivity index (χ1) is 6.58. The molecule has 0 spiro atoms. The fraction of sp³-hybridized carbons (Fsp3) is 0.818. The van der Waals surface area contributed by atoms with Gasteiger partial charge in [-0.25, -0.2) is 0 Å². The summed E-state index contributed by atoms with van der Waals surface area (Å²) in [6, 6.07) is 2.13. The van der Waals surface area contributed by atoms with Crippen molar-refractivity contribution in [2.24, 2.45) is 11.3 Å². The molecule has 0 amide bonds. The van der Waals surface area contributed by atoms with E-state index in [-0.39, 0.29) is 11.9 Å². The van der Waals surface area contributed by atoms with E-state index in [4.69, 9.17) is 10.00 Å². The molecule has 0 bridgehead atoms. The highest BCUT2D eigenvalue weighted by atomic mass is 16.5. The number of nitriles is 1. The van der Waals surface area contributed by atoms with Crippen molar-refractivity contribution >= 4 is 5.97 Å². The highest BCUT2D eigenvalue weighted by Gasteiger charge is 2.42. The first-order valence-electron chi connectivity index (χ1n) is 5.17. The first kappa shape index (κ1) is 13.0. The van der Waals surface area contributed by atoms with E-state index in [0.29, 0.717) is 13.0 Å². The molecule has 0 aliphatic heterocycles. The van der Waals surface area contributed by atoms with Gasteiger partial charge in [0.05, 0.1) is 12.7 Å². The van der Waals surface area contributed by atoms with Crippen LogP contribution in [0.4, 0.5) is 0 Å². The van der Waals surface area contributed by atoms with Gasteiger partial charge in [0, 0.05) is 0 Å². The van der Waals surface area contributed by atoms with E-state index in [0.717, 1.165) is 6.42 Å². The highest BCUT2D eigenvalue weighted by Crippen LogP contribution is 2.34. The van der Waals surface area contributed by atoms with Crippen LogP contribution in [0.5, 0.6) is 0 Å². The molecule has 0 aromatic rings. The van der Waals surface area contributed by atoms with Crippen LogP contribution < -0.4 is 0 Å². The lowest BCUT2D eigenvalue weighted by atomic mass is 9.74. The molecule has 3 heteroatoms. The maximum atomic E-state index is 11.7. The molecule has 0 aromatic heterocycles. The van der Waals surface area contributed by atoms with E-state index in [1.54, 1.807) is 6.92 Å². The van der Waals surface area contributed by atoms with E-state index in [1.165, 1.54) is 0 Å². The van der Waals surface area contributed by atoms with Crippen molar-refractivity contribution in [3.63, 3.8) is 0 Å². The Bertz CT molecular complexity index is 232. The maximum absolute atomic E-state index is 11.7. The summed E-state index contributed by atoms with van der Waals surface area (Å²) in [5.41, 5.74) is -0.954. The molecule has 0 N–H and O–H groups in total. The Morgan fingerprint density at radius 1 is 1.50 bits per heavy atom. The molecule has 0 saturated heterocycles. The molecular weight excluding hydrogens is 178 g/mol. The molecular formula is C11H19NO2. The number of carbonyl (C=O) groups excluding carboxylic acids is 1. The summed E-state index contributed by atoms with van der Waals surface area (Å²) in [6.07, 6.45) is 1.32. The Hall–Kier alpha value is -1.04. The molecule has 0 aromatic carbocycles. The van der Waals surface area contributed by atoms with E-state index in [2.05, 4.69) is 6.07 Å². The number of carbonyl (C=O) groups is 1. The lowest BCUT2D eigenvalue weighted by Gasteiger charge is -2.28. The van der Waals surface area contributed by atoms with Crippen LogP contribution in [-0.2, 0) is 9.53 Å². The Labute approximate surface area is 86.1 Å². The summed E-state index contributed by atoms with van der Waals surface area (Å²) in [7, 11) is 0. The third-order valence-corrected chi connectivity index (χ3v) is 2.85. The fourth-order valence-corrected chi connectivity index (χ4v) is 1.54. The predicted molar refractivity (Wildman–Crippen MR) is 54.4 cm³/mol. The monoisotopic (exact) mass is 197 g/mol. The van der Waals surface area contributed by atoms with Crippen LogP contribution in [0, 0.1) is 22.7 Å². The second-order valence-electron chi connectivity index (χ2n) is 3.47. The minimum Gasteiger partial charge on any atom is -0.465 e. The molecule has 80 valence electrons. The normalized spacial score (nSPS) is 16.5. The molecule has 0 aliphatic carbocycles. The largest absolute Gasteiger partial charge is 0.465 e. The van der Waals surface area contributed by atoms with Gasteiger partial charge in [0.15, 0.2) is 5.41 Å². The zero-order chi connectivity index (χ0) is 11.2. The molecule has 0 saturated carbocycles. The minimum atomic E-state index is -0.954. The smallest absolute Gasteiger partial charge is 0.326 e. The number of hydrogen-bond acceptors (Lipinski definition) is 3. The van der Waals surface area contributed by atoms with Gasteiger partial charge in [0.25, 0.3) is 0 Å². The molecule has 0 aliphatic rings. The standard InChI is InChI=1S/C11H19NO2/c1-5-9(4)11(6-2,8-12)10(13)14-7-3/h9H,5-7H2,1-4H3/t9-,11-/m1/s1. The first-order valence-corrected chi connectivity index (χ1v) is 5.17. The number of esters is 1. The Balaban J connectivity index is 4.89. The van der Waals surface area contributed by atoms with Gasteiger partial charge in [-0.15, -0.1) is 0 Å². The third kappa shape index (κ3) is 2.25. The van der Waals surface area contributed by atoms with E-state index in [9.17, 15) is 4.79 Å². The van der Waals surface area contributed by atoms with Crippen LogP contribution >= 0.6 is 0 Å². The molecule has 0 unspecified atom stereocenters. The SMILES string of the molecule is CCOC(=O)[C@@](C#N)(CC)[C@H](C)CC. The summed E-state index contributed by atoms with van der Waals surface area (Å²) in [4.78, 5) is 11.7. The van der Waals surface area contributed by atoms with Crippen molar-refractivity contribution in [1.82, 2.24) is 0 Å². The second-order valence-corrected chi connectivity index (χ2v) is 3.47. The molecule has 0 rings (SSSR count). The minimum absolute atomic E-state index is 0.0385. The second kappa shape index (κ2) is 5.64. The lowest BCUT2D eigenvalue weighted by molar-refractivity contribution is -0.154. The molecule has 0 fully saturated rings. The van der Waals surface area contributed by atoms with E-state index < -0.39 is 5.41 Å². The maximum Gasteiger partial charge on any atom is 0.326 e. The Morgan fingerprint density at radius 2 is 2.07 bits per heavy atom. The molecule has 0 radical (unpaired) electrons. The Morgan fingerprint density at radius 3 is 2.36 bits per heavy atom. The predicted octanol–water partition coefficient (Wildman–Crippen LogP) is 2.52. The zero-order valence-electron chi connectivity index (χ0n) is 9.46. The van der Waals surface area contributed by atoms with Crippen LogP contribution in [0.2, 0.25) is 0 Å². The lowest BCUT2D eigenvalue weighted by Crippen LogP contribution is -2.37. The molecule has 0 heterocycles. The van der Waals surface area contributed by atoms with Crippen LogP contribution in [0.1, 0.15) is 40.5 Å². The average molecular weight is 197 g/mol. The van der Waals surface area contributed by atoms with Crippen LogP contribution in [0.15, 0.2) is 0 Å². The summed E-state index contributed by atoms with van der Waals surface area (Å²) >= 11 is 0. The van der Waals surface area contributed by atoms with Gasteiger partial charge in [0.1, 0.15) is 0 Å². The van der Waals surface area contributed by atoms with Crippen LogP contribution in [0.25, 0.3) is 0 Å². The molecule has 3 nitrogen and oxygen atoms in total. The fourth-order valence-electron chi connectivity index (χ4n) is 1.54. The molecule has 2 atom stereocenters. The van der Waals surface area contributed by atoms with Gasteiger partial charge in [0.2, 0.25) is 0 Å². The van der Waals surface area contributed by atoms with Gasteiger partial charge in [-0.05, 0) is 19.3 Å². The summed E-state index contributed by atoms with van der Waals surface area (Å²) < 4.78 is 4.95. The van der Waals surface area contributed by atoms with E-state index in [1.807, 2.05) is 20.8 Å². The summed E-state index contributed by atoms with van der Waals surface area (Å²) in [5, 5.41) is 9.12. The zero-order valence-corrected chi connectivity index (χ0v) is 9.46. The van der Waals surface area contributed by atoms with Gasteiger partial charge in [-0.2, -0.15) is 5.26 Å². The summed E-state index contributed by atoms with van der Waals surface area (Å²) in [5.74, 6) is -0.337. The van der Waals surface area contributed by atoms with Gasteiger partial charge < -0.3 is 4.74 Å². The van der Waals surface area contributed by atoms with Crippen molar-refractivity contribution in [2.45, 2.75) is 40.5 Å². The number of rotatable bonds is 5. The highest BCUT2D eigenvalue weighted by molar-refractivity contribution is 5.80. The topological polar surface area (TPSA) is 50.1 Å². The van der Waals surface area contributed by atoms with Crippen LogP contribution in [0.3, 0.4) is 0 Å². The van der Waals surface area contributed by atoms with Gasteiger partial charge in [-0.3, -0.25) is 4.79 Å².